The summed E-state index contributed by atoms with van der Waals surface area (Å²) in [5.41, 5.74) is 0. The molecule has 22 heavy (non-hydrogen) atoms. The summed E-state index contributed by atoms with van der Waals surface area (Å²) in [6.45, 7) is 4.13. The molecule has 2 amide bonds. The SMILES string of the molecule is COCC1CC(=O)N(CC2CCN(C(=O)CC3CC3)CC2)C1. The molecule has 0 N–H and O–H groups in total. The Balaban J connectivity index is 1.40. The Morgan fingerprint density at radius 1 is 1.14 bits per heavy atom. The summed E-state index contributed by atoms with van der Waals surface area (Å²) >= 11 is 0. The van der Waals surface area contributed by atoms with E-state index in [1.165, 1.54) is 12.8 Å². The molecule has 3 aliphatic rings. The Bertz CT molecular complexity index is 414. The van der Waals surface area contributed by atoms with Crippen LogP contribution in [-0.2, 0) is 14.3 Å². The van der Waals surface area contributed by atoms with Crippen molar-refractivity contribution in [2.75, 3.05) is 39.9 Å². The Morgan fingerprint density at radius 2 is 1.86 bits per heavy atom. The minimum atomic E-state index is 0.272. The molecule has 1 aliphatic carbocycles. The lowest BCUT2D eigenvalue weighted by Gasteiger charge is -2.34. The van der Waals surface area contributed by atoms with Gasteiger partial charge in [0.1, 0.15) is 0 Å². The third-order valence-electron chi connectivity index (χ3n) is 5.30. The van der Waals surface area contributed by atoms with Crippen LogP contribution in [-0.4, -0.2) is 61.5 Å². The second-order valence-corrected chi connectivity index (χ2v) is 7.30. The molecule has 3 fully saturated rings. The van der Waals surface area contributed by atoms with Crippen molar-refractivity contribution in [1.29, 1.82) is 0 Å². The lowest BCUT2D eigenvalue weighted by atomic mass is 9.96. The number of rotatable bonds is 6. The maximum Gasteiger partial charge on any atom is 0.223 e. The molecule has 1 unspecified atom stereocenters. The van der Waals surface area contributed by atoms with E-state index in [1.807, 2.05) is 9.80 Å². The van der Waals surface area contributed by atoms with Gasteiger partial charge < -0.3 is 14.5 Å². The molecule has 2 heterocycles. The summed E-state index contributed by atoms with van der Waals surface area (Å²) in [7, 11) is 1.70. The van der Waals surface area contributed by atoms with Gasteiger partial charge >= 0.3 is 0 Å². The van der Waals surface area contributed by atoms with Crippen LogP contribution in [0, 0.1) is 17.8 Å². The van der Waals surface area contributed by atoms with Gasteiger partial charge in [0.25, 0.3) is 0 Å². The standard InChI is InChI=1S/C17H28N2O3/c1-22-12-15-9-17(21)19(11-15)10-14-4-6-18(7-5-14)16(20)8-13-2-3-13/h13-15H,2-12H2,1H3. The third-order valence-corrected chi connectivity index (χ3v) is 5.30. The quantitative estimate of drug-likeness (QED) is 0.747. The Hall–Kier alpha value is -1.10. The van der Waals surface area contributed by atoms with Crippen LogP contribution in [0.3, 0.4) is 0 Å². The molecule has 124 valence electrons. The molecule has 0 radical (unpaired) electrons. The maximum absolute atomic E-state index is 12.1. The summed E-state index contributed by atoms with van der Waals surface area (Å²) in [6, 6.07) is 0. The van der Waals surface area contributed by atoms with Gasteiger partial charge in [-0.05, 0) is 37.5 Å². The largest absolute Gasteiger partial charge is 0.384 e. The highest BCUT2D eigenvalue weighted by atomic mass is 16.5. The molecule has 2 saturated heterocycles. The van der Waals surface area contributed by atoms with Crippen molar-refractivity contribution in [3.8, 4) is 0 Å². The number of likely N-dealkylation sites (tertiary alicyclic amines) is 2. The summed E-state index contributed by atoms with van der Waals surface area (Å²) in [6.07, 6.45) is 5.94. The number of methoxy groups -OCH3 is 1. The highest BCUT2D eigenvalue weighted by Crippen LogP contribution is 2.33. The van der Waals surface area contributed by atoms with Crippen LogP contribution in [0.1, 0.15) is 38.5 Å². The van der Waals surface area contributed by atoms with Gasteiger partial charge in [0.2, 0.25) is 11.8 Å². The summed E-state index contributed by atoms with van der Waals surface area (Å²) in [4.78, 5) is 28.2. The van der Waals surface area contributed by atoms with E-state index in [1.54, 1.807) is 7.11 Å². The molecular formula is C17H28N2O3. The van der Waals surface area contributed by atoms with Gasteiger partial charge in [0.15, 0.2) is 0 Å². The van der Waals surface area contributed by atoms with E-state index in [2.05, 4.69) is 0 Å². The van der Waals surface area contributed by atoms with E-state index in [4.69, 9.17) is 4.74 Å². The second-order valence-electron chi connectivity index (χ2n) is 7.30. The molecule has 5 nitrogen and oxygen atoms in total. The fraction of sp³-hybridized carbons (Fsp3) is 0.882. The lowest BCUT2D eigenvalue weighted by molar-refractivity contribution is -0.134. The highest BCUT2D eigenvalue weighted by Gasteiger charge is 2.33. The van der Waals surface area contributed by atoms with Crippen molar-refractivity contribution < 1.29 is 14.3 Å². The van der Waals surface area contributed by atoms with Crippen LogP contribution in [0.2, 0.25) is 0 Å². The van der Waals surface area contributed by atoms with Crippen LogP contribution in [0.15, 0.2) is 0 Å². The van der Waals surface area contributed by atoms with Crippen LogP contribution >= 0.6 is 0 Å². The summed E-state index contributed by atoms with van der Waals surface area (Å²) < 4.78 is 5.17. The molecule has 0 aromatic rings. The van der Waals surface area contributed by atoms with Gasteiger partial charge in [-0.15, -0.1) is 0 Å². The van der Waals surface area contributed by atoms with Gasteiger partial charge in [-0.2, -0.15) is 0 Å². The third kappa shape index (κ3) is 4.00. The molecule has 0 aromatic heterocycles. The molecule has 3 rings (SSSR count). The minimum absolute atomic E-state index is 0.272. The van der Waals surface area contributed by atoms with Gasteiger partial charge in [-0.3, -0.25) is 9.59 Å². The van der Waals surface area contributed by atoms with Gasteiger partial charge in [-0.25, -0.2) is 0 Å². The van der Waals surface area contributed by atoms with Crippen molar-refractivity contribution in [1.82, 2.24) is 9.80 Å². The number of amides is 2. The maximum atomic E-state index is 12.1. The van der Waals surface area contributed by atoms with E-state index in [0.717, 1.165) is 45.4 Å². The topological polar surface area (TPSA) is 49.9 Å². The van der Waals surface area contributed by atoms with E-state index in [0.29, 0.717) is 36.7 Å². The van der Waals surface area contributed by atoms with Gasteiger partial charge in [0.05, 0.1) is 6.61 Å². The van der Waals surface area contributed by atoms with Crippen molar-refractivity contribution in [2.45, 2.75) is 38.5 Å². The number of ether oxygens (including phenoxy) is 1. The first-order valence-corrected chi connectivity index (χ1v) is 8.70. The smallest absolute Gasteiger partial charge is 0.223 e. The first-order chi connectivity index (χ1) is 10.7. The second kappa shape index (κ2) is 6.99. The Kier molecular flexibility index (Phi) is 5.01. The predicted molar refractivity (Wildman–Crippen MR) is 83.2 cm³/mol. The minimum Gasteiger partial charge on any atom is -0.384 e. The van der Waals surface area contributed by atoms with Crippen LogP contribution < -0.4 is 0 Å². The number of carbonyl (C=O) groups is 2. The number of piperidine rings is 1. The molecule has 0 bridgehead atoms. The van der Waals surface area contributed by atoms with Gasteiger partial charge in [0, 0.05) is 52.0 Å². The predicted octanol–water partition coefficient (Wildman–Crippen LogP) is 1.52. The zero-order valence-corrected chi connectivity index (χ0v) is 13.6. The fourth-order valence-electron chi connectivity index (χ4n) is 3.75. The average molecular weight is 308 g/mol. The molecule has 0 aromatic carbocycles. The van der Waals surface area contributed by atoms with E-state index < -0.39 is 0 Å². The van der Waals surface area contributed by atoms with Crippen molar-refractivity contribution in [3.63, 3.8) is 0 Å². The van der Waals surface area contributed by atoms with Gasteiger partial charge in [-0.1, -0.05) is 0 Å². The average Bonchev–Trinajstić information content (AvgIpc) is 3.25. The zero-order valence-electron chi connectivity index (χ0n) is 13.6. The first kappa shape index (κ1) is 15.8. The summed E-state index contributed by atoms with van der Waals surface area (Å²) in [5.74, 6) is 2.20. The van der Waals surface area contributed by atoms with Crippen LogP contribution in [0.5, 0.6) is 0 Å². The highest BCUT2D eigenvalue weighted by molar-refractivity contribution is 5.78. The monoisotopic (exact) mass is 308 g/mol. The Morgan fingerprint density at radius 3 is 2.50 bits per heavy atom. The van der Waals surface area contributed by atoms with Crippen molar-refractivity contribution in [2.24, 2.45) is 17.8 Å². The fourth-order valence-corrected chi connectivity index (χ4v) is 3.75. The first-order valence-electron chi connectivity index (χ1n) is 8.70. The molecule has 0 spiro atoms. The molecule has 1 saturated carbocycles. The lowest BCUT2D eigenvalue weighted by Crippen LogP contribution is -2.42. The molecule has 1 atom stereocenters. The number of hydrogen-bond acceptors (Lipinski definition) is 3. The molecular weight excluding hydrogens is 280 g/mol. The van der Waals surface area contributed by atoms with Crippen LogP contribution in [0.25, 0.3) is 0 Å². The number of carbonyl (C=O) groups excluding carboxylic acids is 2. The summed E-state index contributed by atoms with van der Waals surface area (Å²) in [5, 5.41) is 0. The van der Waals surface area contributed by atoms with E-state index in [-0.39, 0.29) is 5.91 Å². The normalized spacial score (nSPS) is 26.8. The molecule has 5 heteroatoms. The Labute approximate surface area is 133 Å². The number of nitrogens with zero attached hydrogens (tertiary/aromatic N) is 2. The van der Waals surface area contributed by atoms with E-state index in [9.17, 15) is 9.59 Å². The molecule has 2 aliphatic heterocycles. The zero-order chi connectivity index (χ0) is 15.5. The van der Waals surface area contributed by atoms with Crippen LogP contribution in [0.4, 0.5) is 0 Å². The van der Waals surface area contributed by atoms with Crippen molar-refractivity contribution in [3.05, 3.63) is 0 Å². The van der Waals surface area contributed by atoms with Crippen molar-refractivity contribution >= 4 is 11.8 Å². The van der Waals surface area contributed by atoms with E-state index >= 15 is 0 Å². The number of hydrogen-bond donors (Lipinski definition) is 0.